The average molecular weight is 396 g/mol. The van der Waals surface area contributed by atoms with E-state index in [4.69, 9.17) is 22.3 Å². The van der Waals surface area contributed by atoms with E-state index in [0.717, 1.165) is 18.0 Å². The minimum absolute atomic E-state index is 0.00893. The fourth-order valence-electron chi connectivity index (χ4n) is 2.56. The Labute approximate surface area is 165 Å². The first kappa shape index (κ1) is 19.2. The summed E-state index contributed by atoms with van der Waals surface area (Å²) < 4.78 is 14.4. The molecule has 0 saturated carbocycles. The van der Waals surface area contributed by atoms with Gasteiger partial charge < -0.3 is 16.0 Å². The molecule has 9 heteroatoms. The molecule has 140 valence electrons. The van der Waals surface area contributed by atoms with Crippen molar-refractivity contribution in [2.45, 2.75) is 13.8 Å². The van der Waals surface area contributed by atoms with Crippen LogP contribution in [0.15, 0.2) is 30.5 Å². The number of aryl methyl sites for hydroxylation is 2. The number of hydrogen-bond acceptors (Lipinski definition) is 7. The van der Waals surface area contributed by atoms with Gasteiger partial charge in [0, 0.05) is 35.8 Å². The lowest BCUT2D eigenvalue weighted by Crippen LogP contribution is -2.04. The molecular weight excluding hydrogens is 381 g/mol. The zero-order chi connectivity index (χ0) is 20.3. The molecule has 3 rings (SSSR count). The Morgan fingerprint density at radius 3 is 2.57 bits per heavy atom. The van der Waals surface area contributed by atoms with E-state index in [1.807, 2.05) is 13.0 Å². The van der Waals surface area contributed by atoms with E-state index in [-0.39, 0.29) is 16.3 Å². The van der Waals surface area contributed by atoms with Crippen LogP contribution in [-0.2, 0) is 0 Å². The molecule has 0 aliphatic rings. The van der Waals surface area contributed by atoms with Crippen LogP contribution < -0.4 is 10.6 Å². The molecule has 1 aromatic carbocycles. The van der Waals surface area contributed by atoms with Gasteiger partial charge in [-0.05, 0) is 26.0 Å². The van der Waals surface area contributed by atoms with Crippen molar-refractivity contribution in [1.29, 1.82) is 10.7 Å². The van der Waals surface area contributed by atoms with Crippen LogP contribution in [0.25, 0.3) is 0 Å². The Bertz CT molecular complexity index is 1060. The molecule has 3 aromatic rings. The van der Waals surface area contributed by atoms with Gasteiger partial charge >= 0.3 is 0 Å². The molecule has 0 bridgehead atoms. The van der Waals surface area contributed by atoms with Crippen LogP contribution in [0.5, 0.6) is 0 Å². The summed E-state index contributed by atoms with van der Waals surface area (Å²) in [7, 11) is 0. The van der Waals surface area contributed by atoms with Gasteiger partial charge in [-0.3, -0.25) is 0 Å². The molecule has 2 aromatic heterocycles. The molecule has 28 heavy (non-hydrogen) atoms. The average Bonchev–Trinajstić information content (AvgIpc) is 2.64. The SMILES string of the molecule is Cc1cc(Nc2cc(Nc3c(F)cc(C#N)cc3Cl)c(C=N)cn2)nc(C)n1. The molecule has 0 aliphatic carbocycles. The van der Waals surface area contributed by atoms with Crippen molar-refractivity contribution < 1.29 is 4.39 Å². The first-order valence-electron chi connectivity index (χ1n) is 8.15. The van der Waals surface area contributed by atoms with Gasteiger partial charge in [-0.2, -0.15) is 5.26 Å². The number of nitrogens with one attached hydrogen (secondary N) is 3. The Morgan fingerprint density at radius 1 is 1.14 bits per heavy atom. The van der Waals surface area contributed by atoms with Crippen molar-refractivity contribution in [3.8, 4) is 6.07 Å². The zero-order valence-electron chi connectivity index (χ0n) is 15.0. The van der Waals surface area contributed by atoms with Crippen LogP contribution in [0.4, 0.5) is 27.4 Å². The summed E-state index contributed by atoms with van der Waals surface area (Å²) in [5.41, 5.74) is 1.78. The number of halogens is 2. The van der Waals surface area contributed by atoms with Crippen LogP contribution in [0, 0.1) is 36.4 Å². The maximum Gasteiger partial charge on any atom is 0.149 e. The number of nitrogens with zero attached hydrogens (tertiary/aromatic N) is 4. The van der Waals surface area contributed by atoms with Gasteiger partial charge in [0.05, 0.1) is 28.0 Å². The standard InChI is InChI=1S/C19H15ClFN7/c1-10-3-18(26-11(2)25-10)28-17-6-16(13(8-23)9-24-17)27-19-14(20)4-12(7-22)5-15(19)21/h3-6,8-9,23H,1-2H3,(H2,24,25,26,27,28). The Kier molecular flexibility index (Phi) is 5.47. The fourth-order valence-corrected chi connectivity index (χ4v) is 2.82. The molecular formula is C19H15ClFN7. The van der Waals surface area contributed by atoms with E-state index >= 15 is 0 Å². The van der Waals surface area contributed by atoms with Gasteiger partial charge in [-0.1, -0.05) is 11.6 Å². The number of nitriles is 1. The van der Waals surface area contributed by atoms with Crippen molar-refractivity contribution in [1.82, 2.24) is 15.0 Å². The molecule has 0 aliphatic heterocycles. The molecule has 0 spiro atoms. The van der Waals surface area contributed by atoms with Crippen LogP contribution in [0.2, 0.25) is 5.02 Å². The molecule has 0 atom stereocenters. The molecule has 3 N–H and O–H groups in total. The summed E-state index contributed by atoms with van der Waals surface area (Å²) >= 11 is 6.10. The van der Waals surface area contributed by atoms with Gasteiger partial charge in [0.1, 0.15) is 23.3 Å². The highest BCUT2D eigenvalue weighted by molar-refractivity contribution is 6.33. The largest absolute Gasteiger partial charge is 0.351 e. The maximum absolute atomic E-state index is 14.4. The highest BCUT2D eigenvalue weighted by Gasteiger charge is 2.13. The molecule has 2 heterocycles. The Balaban J connectivity index is 1.96. The number of benzene rings is 1. The second-order valence-corrected chi connectivity index (χ2v) is 6.33. The van der Waals surface area contributed by atoms with Crippen molar-refractivity contribution in [3.63, 3.8) is 0 Å². The van der Waals surface area contributed by atoms with E-state index in [9.17, 15) is 4.39 Å². The minimum Gasteiger partial charge on any atom is -0.351 e. The van der Waals surface area contributed by atoms with Crippen LogP contribution in [0.1, 0.15) is 22.6 Å². The summed E-state index contributed by atoms with van der Waals surface area (Å²) in [5, 5.41) is 22.5. The van der Waals surface area contributed by atoms with E-state index < -0.39 is 5.82 Å². The van der Waals surface area contributed by atoms with Crippen molar-refractivity contribution in [2.75, 3.05) is 10.6 Å². The number of anilines is 4. The Morgan fingerprint density at radius 2 is 1.93 bits per heavy atom. The summed E-state index contributed by atoms with van der Waals surface area (Å²) in [4.78, 5) is 12.8. The van der Waals surface area contributed by atoms with Gasteiger partial charge in [-0.15, -0.1) is 0 Å². The van der Waals surface area contributed by atoms with E-state index in [2.05, 4.69) is 25.6 Å². The van der Waals surface area contributed by atoms with Gasteiger partial charge in [0.25, 0.3) is 0 Å². The predicted octanol–water partition coefficient (Wildman–Crippen LogP) is 4.64. The molecule has 0 fully saturated rings. The van der Waals surface area contributed by atoms with Gasteiger partial charge in [-0.25, -0.2) is 19.3 Å². The first-order valence-corrected chi connectivity index (χ1v) is 8.53. The monoisotopic (exact) mass is 395 g/mol. The summed E-state index contributed by atoms with van der Waals surface area (Å²) in [5.74, 6) is 0.946. The minimum atomic E-state index is -0.673. The topological polar surface area (TPSA) is 110 Å². The lowest BCUT2D eigenvalue weighted by atomic mass is 10.2. The lowest BCUT2D eigenvalue weighted by Gasteiger charge is -2.14. The maximum atomic E-state index is 14.4. The molecule has 0 radical (unpaired) electrons. The van der Waals surface area contributed by atoms with E-state index in [1.165, 1.54) is 12.3 Å². The third-order valence-corrected chi connectivity index (χ3v) is 4.04. The normalized spacial score (nSPS) is 10.2. The van der Waals surface area contributed by atoms with Crippen LogP contribution >= 0.6 is 11.6 Å². The van der Waals surface area contributed by atoms with E-state index in [0.29, 0.717) is 28.7 Å². The number of pyridine rings is 1. The molecule has 0 saturated heterocycles. The summed E-state index contributed by atoms with van der Waals surface area (Å²) in [6.07, 6.45) is 2.56. The summed E-state index contributed by atoms with van der Waals surface area (Å²) in [6.45, 7) is 3.64. The zero-order valence-corrected chi connectivity index (χ0v) is 15.8. The highest BCUT2D eigenvalue weighted by atomic mass is 35.5. The third-order valence-electron chi connectivity index (χ3n) is 3.74. The molecule has 0 amide bonds. The number of hydrogen-bond donors (Lipinski definition) is 3. The molecule has 7 nitrogen and oxygen atoms in total. The van der Waals surface area contributed by atoms with Crippen molar-refractivity contribution >= 4 is 40.8 Å². The number of aromatic nitrogens is 3. The first-order chi connectivity index (χ1) is 13.4. The molecule has 0 unspecified atom stereocenters. The fraction of sp³-hybridized carbons (Fsp3) is 0.105. The van der Waals surface area contributed by atoms with Gasteiger partial charge in [0.2, 0.25) is 0 Å². The number of rotatable bonds is 5. The third kappa shape index (κ3) is 4.22. The Hall–Kier alpha value is -3.57. The summed E-state index contributed by atoms with van der Waals surface area (Å²) in [6, 6.07) is 7.68. The lowest BCUT2D eigenvalue weighted by molar-refractivity contribution is 0.631. The van der Waals surface area contributed by atoms with Gasteiger partial charge in [0.15, 0.2) is 0 Å². The second kappa shape index (κ2) is 7.98. The van der Waals surface area contributed by atoms with Crippen LogP contribution in [0.3, 0.4) is 0 Å². The van der Waals surface area contributed by atoms with Crippen LogP contribution in [-0.4, -0.2) is 21.2 Å². The predicted molar refractivity (Wildman–Crippen MR) is 106 cm³/mol. The second-order valence-electron chi connectivity index (χ2n) is 5.92. The van der Waals surface area contributed by atoms with Crippen molar-refractivity contribution in [2.24, 2.45) is 0 Å². The quantitative estimate of drug-likeness (QED) is 0.543. The van der Waals surface area contributed by atoms with E-state index in [1.54, 1.807) is 19.1 Å². The van der Waals surface area contributed by atoms with Crippen molar-refractivity contribution in [3.05, 3.63) is 63.9 Å². The smallest absolute Gasteiger partial charge is 0.149 e. The highest BCUT2D eigenvalue weighted by Crippen LogP contribution is 2.31.